The minimum absolute atomic E-state index is 0.663. The fourth-order valence-electron chi connectivity index (χ4n) is 7.08. The van der Waals surface area contributed by atoms with Crippen LogP contribution in [0.3, 0.4) is 0 Å². The predicted octanol–water partition coefficient (Wildman–Crippen LogP) is 6.65. The van der Waals surface area contributed by atoms with Gasteiger partial charge in [-0.2, -0.15) is 0 Å². The summed E-state index contributed by atoms with van der Waals surface area (Å²) in [5.41, 5.74) is 4.25. The molecule has 1 nitrogen and oxygen atoms in total. The lowest BCUT2D eigenvalue weighted by Gasteiger charge is -2.52. The monoisotopic (exact) mass is 328 g/mol. The highest BCUT2D eigenvalue weighted by Crippen LogP contribution is 2.63. The molecule has 4 aliphatic rings. The standard InChI is InChI=1S/C23H36O/c1-4-5-6-17-8-12-22-21-10-7-16-15-18(24-3)9-11-19(16)20(21)13-14-23(17,22)2/h9,17,20-22H,4-8,10-15H2,1-3H3/t17-,20?,21?,22?,23?/m0/s1. The van der Waals surface area contributed by atoms with Crippen molar-refractivity contribution >= 4 is 0 Å². The first-order valence-corrected chi connectivity index (χ1v) is 10.6. The molecule has 4 rings (SSSR count). The maximum absolute atomic E-state index is 5.54. The number of hydrogen-bond donors (Lipinski definition) is 0. The number of methoxy groups -OCH3 is 1. The number of ether oxygens (including phenoxy) is 1. The number of fused-ring (bicyclic) bond motifs is 4. The van der Waals surface area contributed by atoms with E-state index in [4.69, 9.17) is 4.74 Å². The molecular formula is C23H36O. The number of allylic oxidation sites excluding steroid dienone is 3. The summed E-state index contributed by atoms with van der Waals surface area (Å²) in [6.07, 6.45) is 17.8. The van der Waals surface area contributed by atoms with E-state index in [1.807, 2.05) is 12.7 Å². The van der Waals surface area contributed by atoms with Crippen molar-refractivity contribution < 1.29 is 4.74 Å². The summed E-state index contributed by atoms with van der Waals surface area (Å²) in [6, 6.07) is 0. The maximum atomic E-state index is 5.54. The minimum Gasteiger partial charge on any atom is -0.501 e. The molecule has 1 heteroatoms. The van der Waals surface area contributed by atoms with Crippen LogP contribution in [-0.2, 0) is 4.74 Å². The molecule has 4 unspecified atom stereocenters. The third kappa shape index (κ3) is 2.58. The second-order valence-corrected chi connectivity index (χ2v) is 9.26. The van der Waals surface area contributed by atoms with Crippen molar-refractivity contribution in [3.05, 3.63) is 23.0 Å². The highest BCUT2D eigenvalue weighted by Gasteiger charge is 2.54. The van der Waals surface area contributed by atoms with Gasteiger partial charge in [0, 0.05) is 6.42 Å². The van der Waals surface area contributed by atoms with Crippen LogP contribution in [0.4, 0.5) is 0 Å². The summed E-state index contributed by atoms with van der Waals surface area (Å²) in [5.74, 6) is 5.15. The fourth-order valence-corrected chi connectivity index (χ4v) is 7.08. The molecule has 0 N–H and O–H groups in total. The Labute approximate surface area is 148 Å². The Kier molecular flexibility index (Phi) is 4.56. The normalized spacial score (nSPS) is 41.4. The molecule has 2 fully saturated rings. The van der Waals surface area contributed by atoms with Gasteiger partial charge in [-0.15, -0.1) is 0 Å². The molecule has 24 heavy (non-hydrogen) atoms. The van der Waals surface area contributed by atoms with Crippen LogP contribution in [0.15, 0.2) is 23.0 Å². The lowest BCUT2D eigenvalue weighted by molar-refractivity contribution is 0.0113. The van der Waals surface area contributed by atoms with Crippen molar-refractivity contribution in [2.24, 2.45) is 29.1 Å². The van der Waals surface area contributed by atoms with Crippen molar-refractivity contribution in [2.45, 2.75) is 84.5 Å². The third-order valence-corrected chi connectivity index (χ3v) is 8.42. The molecule has 0 aromatic carbocycles. The molecule has 0 bridgehead atoms. The first-order chi connectivity index (χ1) is 11.7. The molecule has 134 valence electrons. The molecule has 2 saturated carbocycles. The van der Waals surface area contributed by atoms with Gasteiger partial charge in [0.15, 0.2) is 0 Å². The molecule has 4 aliphatic carbocycles. The largest absolute Gasteiger partial charge is 0.501 e. The predicted molar refractivity (Wildman–Crippen MR) is 101 cm³/mol. The summed E-state index contributed by atoms with van der Waals surface area (Å²) in [6.45, 7) is 5.03. The second-order valence-electron chi connectivity index (χ2n) is 9.26. The van der Waals surface area contributed by atoms with Crippen LogP contribution in [0, 0.1) is 29.1 Å². The summed E-state index contributed by atoms with van der Waals surface area (Å²) >= 11 is 0. The van der Waals surface area contributed by atoms with Crippen molar-refractivity contribution in [1.82, 2.24) is 0 Å². The van der Waals surface area contributed by atoms with E-state index >= 15 is 0 Å². The van der Waals surface area contributed by atoms with Crippen LogP contribution in [0.5, 0.6) is 0 Å². The van der Waals surface area contributed by atoms with E-state index in [0.29, 0.717) is 5.41 Å². The van der Waals surface area contributed by atoms with Crippen LogP contribution in [0.1, 0.15) is 84.5 Å². The van der Waals surface area contributed by atoms with Crippen molar-refractivity contribution in [1.29, 1.82) is 0 Å². The van der Waals surface area contributed by atoms with Crippen LogP contribution in [-0.4, -0.2) is 7.11 Å². The van der Waals surface area contributed by atoms with E-state index in [1.165, 1.54) is 70.0 Å². The lowest BCUT2D eigenvalue weighted by Crippen LogP contribution is -2.43. The minimum atomic E-state index is 0.663. The topological polar surface area (TPSA) is 9.23 Å². The first kappa shape index (κ1) is 16.7. The van der Waals surface area contributed by atoms with Crippen LogP contribution < -0.4 is 0 Å². The molecule has 0 heterocycles. The van der Waals surface area contributed by atoms with Crippen molar-refractivity contribution in [3.8, 4) is 0 Å². The quantitative estimate of drug-likeness (QED) is 0.525. The van der Waals surface area contributed by atoms with Gasteiger partial charge >= 0.3 is 0 Å². The van der Waals surface area contributed by atoms with Gasteiger partial charge in [0.05, 0.1) is 12.9 Å². The van der Waals surface area contributed by atoms with Gasteiger partial charge in [-0.3, -0.25) is 0 Å². The average Bonchev–Trinajstić information content (AvgIpc) is 2.95. The van der Waals surface area contributed by atoms with E-state index in [-0.39, 0.29) is 0 Å². The van der Waals surface area contributed by atoms with Crippen molar-refractivity contribution in [2.75, 3.05) is 7.11 Å². The second kappa shape index (κ2) is 6.54. The van der Waals surface area contributed by atoms with Crippen LogP contribution >= 0.6 is 0 Å². The van der Waals surface area contributed by atoms with Gasteiger partial charge in [0.2, 0.25) is 0 Å². The average molecular weight is 329 g/mol. The van der Waals surface area contributed by atoms with E-state index < -0.39 is 0 Å². The van der Waals surface area contributed by atoms with E-state index in [2.05, 4.69) is 19.9 Å². The summed E-state index contributed by atoms with van der Waals surface area (Å²) in [7, 11) is 1.84. The number of hydrogen-bond acceptors (Lipinski definition) is 1. The molecule has 0 spiro atoms. The van der Waals surface area contributed by atoms with Gasteiger partial charge in [0.25, 0.3) is 0 Å². The summed E-state index contributed by atoms with van der Waals surface area (Å²) in [5, 5.41) is 0. The summed E-state index contributed by atoms with van der Waals surface area (Å²) < 4.78 is 5.54. The molecule has 0 aliphatic heterocycles. The number of rotatable bonds is 4. The van der Waals surface area contributed by atoms with Crippen molar-refractivity contribution in [3.63, 3.8) is 0 Å². The maximum Gasteiger partial charge on any atom is 0.0959 e. The van der Waals surface area contributed by atoms with Crippen LogP contribution in [0.25, 0.3) is 0 Å². The molecule has 5 atom stereocenters. The van der Waals surface area contributed by atoms with E-state index in [0.717, 1.165) is 30.1 Å². The van der Waals surface area contributed by atoms with Gasteiger partial charge in [-0.05, 0) is 86.5 Å². The fraction of sp³-hybridized carbons (Fsp3) is 0.826. The van der Waals surface area contributed by atoms with Crippen LogP contribution in [0.2, 0.25) is 0 Å². The highest BCUT2D eigenvalue weighted by molar-refractivity contribution is 5.32. The zero-order chi connectivity index (χ0) is 16.7. The SMILES string of the molecule is CCCC[C@H]1CCC2C3CCC4=C(CC=C(OC)C4)C3CCC21C. The zero-order valence-electron chi connectivity index (χ0n) is 16.1. The van der Waals surface area contributed by atoms with E-state index in [1.54, 1.807) is 5.57 Å². The smallest absolute Gasteiger partial charge is 0.0959 e. The van der Waals surface area contributed by atoms with Gasteiger partial charge in [0.1, 0.15) is 0 Å². The van der Waals surface area contributed by atoms with Gasteiger partial charge in [-0.25, -0.2) is 0 Å². The van der Waals surface area contributed by atoms with E-state index in [9.17, 15) is 0 Å². The van der Waals surface area contributed by atoms with Gasteiger partial charge < -0.3 is 4.74 Å². The lowest BCUT2D eigenvalue weighted by atomic mass is 9.53. The Morgan fingerprint density at radius 3 is 2.88 bits per heavy atom. The molecule has 0 amide bonds. The Morgan fingerprint density at radius 1 is 1.21 bits per heavy atom. The zero-order valence-corrected chi connectivity index (χ0v) is 16.1. The molecule has 0 radical (unpaired) electrons. The third-order valence-electron chi connectivity index (χ3n) is 8.42. The Bertz CT molecular complexity index is 542. The number of unbranched alkanes of at least 4 members (excludes halogenated alkanes) is 1. The molecule has 0 saturated heterocycles. The first-order valence-electron chi connectivity index (χ1n) is 10.6. The molecular weight excluding hydrogens is 292 g/mol. The molecule has 0 aromatic rings. The van der Waals surface area contributed by atoms with Gasteiger partial charge in [-0.1, -0.05) is 37.8 Å². The Hall–Kier alpha value is -0.720. The molecule has 0 aromatic heterocycles. The Balaban J connectivity index is 1.53. The highest BCUT2D eigenvalue weighted by atomic mass is 16.5. The Morgan fingerprint density at radius 2 is 2.08 bits per heavy atom. The summed E-state index contributed by atoms with van der Waals surface area (Å²) in [4.78, 5) is 0.